The minimum atomic E-state index is -0.325. The van der Waals surface area contributed by atoms with Gasteiger partial charge in [-0.1, -0.05) is 23.7 Å². The fraction of sp³-hybridized carbons (Fsp3) is 0.0714. The smallest absolute Gasteiger partial charge is 0.308 e. The lowest BCUT2D eigenvalue weighted by atomic mass is 10.1. The maximum atomic E-state index is 11.1. The minimum Gasteiger partial charge on any atom is -0.426 e. The monoisotopic (exact) mass is 276 g/mol. The first-order valence-corrected chi connectivity index (χ1v) is 6.69. The van der Waals surface area contributed by atoms with Crippen molar-refractivity contribution < 1.29 is 9.53 Å². The molecule has 0 aliphatic heterocycles. The van der Waals surface area contributed by atoms with Crippen LogP contribution >= 0.6 is 22.9 Å². The van der Waals surface area contributed by atoms with E-state index in [0.29, 0.717) is 10.8 Å². The van der Waals surface area contributed by atoms with Crippen LogP contribution in [0.5, 0.6) is 5.75 Å². The average Bonchev–Trinajstić information content (AvgIpc) is 2.79. The van der Waals surface area contributed by atoms with Crippen molar-refractivity contribution in [2.45, 2.75) is 6.92 Å². The van der Waals surface area contributed by atoms with Gasteiger partial charge in [-0.2, -0.15) is 0 Å². The number of hydrogen-bond donors (Lipinski definition) is 0. The third kappa shape index (κ3) is 1.76. The number of hydrogen-bond acceptors (Lipinski definition) is 3. The molecule has 0 aliphatic carbocycles. The molecule has 0 aliphatic rings. The molecule has 4 heteroatoms. The van der Waals surface area contributed by atoms with Gasteiger partial charge >= 0.3 is 5.97 Å². The highest BCUT2D eigenvalue weighted by Gasteiger charge is 2.11. The molecule has 0 saturated carbocycles. The van der Waals surface area contributed by atoms with Gasteiger partial charge in [0.1, 0.15) is 5.75 Å². The van der Waals surface area contributed by atoms with E-state index in [2.05, 4.69) is 0 Å². The quantitative estimate of drug-likeness (QED) is 0.478. The van der Waals surface area contributed by atoms with Crippen molar-refractivity contribution in [3.63, 3.8) is 0 Å². The van der Waals surface area contributed by atoms with E-state index in [9.17, 15) is 4.79 Å². The van der Waals surface area contributed by atoms with Crippen LogP contribution in [0.3, 0.4) is 0 Å². The number of esters is 1. The molecule has 0 amide bonds. The summed E-state index contributed by atoms with van der Waals surface area (Å²) in [6.45, 7) is 1.40. The molecule has 2 nitrogen and oxygen atoms in total. The first-order chi connectivity index (χ1) is 8.66. The lowest BCUT2D eigenvalue weighted by Crippen LogP contribution is -2.01. The number of fused-ring (bicyclic) bond motifs is 3. The van der Waals surface area contributed by atoms with Gasteiger partial charge in [0.15, 0.2) is 0 Å². The van der Waals surface area contributed by atoms with Crippen LogP contribution in [0.15, 0.2) is 35.7 Å². The van der Waals surface area contributed by atoms with Crippen LogP contribution in [0, 0.1) is 0 Å². The SMILES string of the molecule is CC(=O)Oc1cc2c(Cl)cccc2c2sccc12. The second-order valence-corrected chi connectivity index (χ2v) is 5.29. The van der Waals surface area contributed by atoms with E-state index >= 15 is 0 Å². The van der Waals surface area contributed by atoms with E-state index in [1.165, 1.54) is 6.92 Å². The first-order valence-electron chi connectivity index (χ1n) is 5.43. The number of ether oxygens (including phenoxy) is 1. The molecule has 0 spiro atoms. The summed E-state index contributed by atoms with van der Waals surface area (Å²) in [6, 6.07) is 9.57. The van der Waals surface area contributed by atoms with Crippen molar-refractivity contribution in [3.05, 3.63) is 40.7 Å². The molecular weight excluding hydrogens is 268 g/mol. The second kappa shape index (κ2) is 4.26. The van der Waals surface area contributed by atoms with Crippen LogP contribution in [0.4, 0.5) is 0 Å². The van der Waals surface area contributed by atoms with Crippen molar-refractivity contribution in [2.75, 3.05) is 0 Å². The van der Waals surface area contributed by atoms with E-state index in [-0.39, 0.29) is 5.97 Å². The molecule has 0 N–H and O–H groups in total. The van der Waals surface area contributed by atoms with Gasteiger partial charge in [-0.25, -0.2) is 0 Å². The highest BCUT2D eigenvalue weighted by molar-refractivity contribution is 7.18. The van der Waals surface area contributed by atoms with Gasteiger partial charge in [-0.05, 0) is 23.6 Å². The molecule has 0 unspecified atom stereocenters. The minimum absolute atomic E-state index is 0.325. The fourth-order valence-corrected chi connectivity index (χ4v) is 3.21. The molecule has 90 valence electrons. The van der Waals surface area contributed by atoms with Crippen LogP contribution in [0.25, 0.3) is 20.9 Å². The Kier molecular flexibility index (Phi) is 2.73. The fourth-order valence-electron chi connectivity index (χ4n) is 2.04. The standard InChI is InChI=1S/C14H9ClO2S/c1-8(16)17-13-7-11-9(3-2-4-12(11)15)14-10(13)5-6-18-14/h2-7H,1H3. The van der Waals surface area contributed by atoms with E-state index in [0.717, 1.165) is 20.9 Å². The van der Waals surface area contributed by atoms with Crippen LogP contribution in [-0.2, 0) is 4.79 Å². The zero-order valence-electron chi connectivity index (χ0n) is 9.57. The Bertz CT molecular complexity index is 761. The summed E-state index contributed by atoms with van der Waals surface area (Å²) in [7, 11) is 0. The Morgan fingerprint density at radius 1 is 1.22 bits per heavy atom. The lowest BCUT2D eigenvalue weighted by Gasteiger charge is -2.07. The molecule has 0 fully saturated rings. The zero-order valence-corrected chi connectivity index (χ0v) is 11.1. The van der Waals surface area contributed by atoms with Gasteiger partial charge in [0.25, 0.3) is 0 Å². The van der Waals surface area contributed by atoms with Crippen molar-refractivity contribution in [1.29, 1.82) is 0 Å². The van der Waals surface area contributed by atoms with Crippen molar-refractivity contribution in [2.24, 2.45) is 0 Å². The van der Waals surface area contributed by atoms with E-state index in [1.807, 2.05) is 35.7 Å². The van der Waals surface area contributed by atoms with Crippen molar-refractivity contribution >= 4 is 49.8 Å². The van der Waals surface area contributed by atoms with Crippen LogP contribution in [0.1, 0.15) is 6.92 Å². The Hall–Kier alpha value is -1.58. The molecule has 3 rings (SSSR count). The largest absolute Gasteiger partial charge is 0.426 e. The van der Waals surface area contributed by atoms with E-state index < -0.39 is 0 Å². The Labute approximate surface area is 113 Å². The maximum Gasteiger partial charge on any atom is 0.308 e. The Morgan fingerprint density at radius 2 is 2.06 bits per heavy atom. The molecule has 1 heterocycles. The summed E-state index contributed by atoms with van der Waals surface area (Å²) >= 11 is 7.81. The zero-order chi connectivity index (χ0) is 12.7. The van der Waals surface area contributed by atoms with Crippen LogP contribution in [0.2, 0.25) is 5.02 Å². The van der Waals surface area contributed by atoms with Crippen LogP contribution < -0.4 is 4.74 Å². The van der Waals surface area contributed by atoms with Crippen molar-refractivity contribution in [3.8, 4) is 5.75 Å². The molecule has 0 radical (unpaired) electrons. The predicted octanol–water partition coefficient (Wildman–Crippen LogP) is 4.63. The Balaban J connectivity index is 2.43. The summed E-state index contributed by atoms with van der Waals surface area (Å²) in [5.41, 5.74) is 0. The number of carbonyl (C=O) groups is 1. The topological polar surface area (TPSA) is 26.3 Å². The average molecular weight is 277 g/mol. The number of benzene rings is 2. The van der Waals surface area contributed by atoms with Gasteiger partial charge in [-0.3, -0.25) is 4.79 Å². The summed E-state index contributed by atoms with van der Waals surface area (Å²) in [5, 5.41) is 5.59. The van der Waals surface area contributed by atoms with E-state index in [4.69, 9.17) is 16.3 Å². The van der Waals surface area contributed by atoms with Gasteiger partial charge in [0.2, 0.25) is 0 Å². The Morgan fingerprint density at radius 3 is 2.83 bits per heavy atom. The summed E-state index contributed by atoms with van der Waals surface area (Å²) in [4.78, 5) is 11.1. The molecule has 3 aromatic rings. The predicted molar refractivity (Wildman–Crippen MR) is 75.7 cm³/mol. The highest BCUT2D eigenvalue weighted by Crippen LogP contribution is 2.39. The van der Waals surface area contributed by atoms with Gasteiger partial charge in [0.05, 0.1) is 0 Å². The summed E-state index contributed by atoms with van der Waals surface area (Å²) in [5.74, 6) is 0.244. The molecule has 0 saturated heterocycles. The van der Waals surface area contributed by atoms with E-state index in [1.54, 1.807) is 11.3 Å². The summed E-state index contributed by atoms with van der Waals surface area (Å²) < 4.78 is 6.35. The number of carbonyl (C=O) groups excluding carboxylic acids is 1. The van der Waals surface area contributed by atoms with Gasteiger partial charge < -0.3 is 4.74 Å². The summed E-state index contributed by atoms with van der Waals surface area (Å²) in [6.07, 6.45) is 0. The second-order valence-electron chi connectivity index (χ2n) is 3.97. The van der Waals surface area contributed by atoms with Gasteiger partial charge in [-0.15, -0.1) is 11.3 Å². The first kappa shape index (κ1) is 11.5. The molecular formula is C14H9ClO2S. The van der Waals surface area contributed by atoms with Crippen molar-refractivity contribution in [1.82, 2.24) is 0 Å². The number of rotatable bonds is 1. The molecule has 1 aromatic heterocycles. The maximum absolute atomic E-state index is 11.1. The third-order valence-electron chi connectivity index (χ3n) is 2.76. The van der Waals surface area contributed by atoms with Crippen LogP contribution in [-0.4, -0.2) is 5.97 Å². The number of thiophene rings is 1. The molecule has 0 bridgehead atoms. The molecule has 0 atom stereocenters. The third-order valence-corrected chi connectivity index (χ3v) is 4.03. The molecule has 2 aromatic carbocycles. The normalized spacial score (nSPS) is 11.0. The lowest BCUT2D eigenvalue weighted by molar-refractivity contribution is -0.131. The number of halogens is 1. The highest BCUT2D eigenvalue weighted by atomic mass is 35.5. The van der Waals surface area contributed by atoms with Gasteiger partial charge in [0, 0.05) is 32.8 Å². The molecule has 18 heavy (non-hydrogen) atoms.